The fraction of sp³-hybridized carbons (Fsp3) is 0.391. The van der Waals surface area contributed by atoms with Crippen molar-refractivity contribution in [1.29, 1.82) is 0 Å². The van der Waals surface area contributed by atoms with E-state index in [1.807, 2.05) is 43.3 Å². The normalized spacial score (nSPS) is 18.6. The molecular weight excluding hydrogens is 400 g/mol. The van der Waals surface area contributed by atoms with Crippen LogP contribution < -0.4 is 20.4 Å². The predicted molar refractivity (Wildman–Crippen MR) is 120 cm³/mol. The van der Waals surface area contributed by atoms with E-state index in [1.54, 1.807) is 6.07 Å². The molecule has 3 rings (SSSR count). The Morgan fingerprint density at radius 3 is 2.07 bits per heavy atom. The second-order valence-corrected chi connectivity index (χ2v) is 8.36. The maximum absolute atomic E-state index is 12.5. The molecular formula is C23H31ClN4O2+2. The van der Waals surface area contributed by atoms with E-state index in [2.05, 4.69) is 17.6 Å². The van der Waals surface area contributed by atoms with Crippen molar-refractivity contribution >= 4 is 34.8 Å². The molecule has 0 saturated carbocycles. The van der Waals surface area contributed by atoms with Gasteiger partial charge in [0, 0.05) is 16.4 Å². The van der Waals surface area contributed by atoms with Crippen LogP contribution in [0.4, 0.5) is 11.4 Å². The minimum absolute atomic E-state index is 0.00673. The highest BCUT2D eigenvalue weighted by Crippen LogP contribution is 2.19. The molecule has 7 heteroatoms. The second-order valence-electron chi connectivity index (χ2n) is 7.92. The van der Waals surface area contributed by atoms with Gasteiger partial charge in [-0.05, 0) is 42.7 Å². The van der Waals surface area contributed by atoms with Gasteiger partial charge in [-0.3, -0.25) is 9.59 Å². The van der Waals surface area contributed by atoms with Gasteiger partial charge in [0.05, 0.1) is 0 Å². The number of hydrogen-bond donors (Lipinski definition) is 4. The third-order valence-electron chi connectivity index (χ3n) is 5.63. The average Bonchev–Trinajstić information content (AvgIpc) is 2.72. The zero-order valence-corrected chi connectivity index (χ0v) is 18.4. The molecule has 0 bridgehead atoms. The van der Waals surface area contributed by atoms with Crippen molar-refractivity contribution in [3.05, 3.63) is 58.6 Å². The number of carbonyl (C=O) groups is 2. The Hall–Kier alpha value is -2.41. The van der Waals surface area contributed by atoms with Crippen molar-refractivity contribution in [2.24, 2.45) is 0 Å². The van der Waals surface area contributed by atoms with Crippen molar-refractivity contribution in [2.45, 2.75) is 20.3 Å². The topological polar surface area (TPSA) is 67.1 Å². The summed E-state index contributed by atoms with van der Waals surface area (Å²) in [5.74, 6) is 0.0382. The summed E-state index contributed by atoms with van der Waals surface area (Å²) in [5, 5.41) is 6.62. The van der Waals surface area contributed by atoms with Crippen LogP contribution in [0.1, 0.15) is 18.1 Å². The van der Waals surface area contributed by atoms with Crippen LogP contribution in [-0.2, 0) is 16.0 Å². The highest BCUT2D eigenvalue weighted by atomic mass is 35.5. The van der Waals surface area contributed by atoms with Crippen LogP contribution in [0.3, 0.4) is 0 Å². The summed E-state index contributed by atoms with van der Waals surface area (Å²) in [5.41, 5.74) is 3.81. The van der Waals surface area contributed by atoms with E-state index >= 15 is 0 Å². The van der Waals surface area contributed by atoms with E-state index in [0.29, 0.717) is 18.1 Å². The molecule has 2 aromatic carbocycles. The molecule has 1 fully saturated rings. The molecule has 0 unspecified atom stereocenters. The number of nitrogens with one attached hydrogen (secondary N) is 4. The summed E-state index contributed by atoms with van der Waals surface area (Å²) >= 11 is 6.03. The van der Waals surface area contributed by atoms with Crippen LogP contribution in [-0.4, -0.2) is 51.1 Å². The number of halogens is 1. The first kappa shape index (κ1) is 22.3. The first-order valence-electron chi connectivity index (χ1n) is 10.6. The molecule has 0 aromatic heterocycles. The van der Waals surface area contributed by atoms with Crippen molar-refractivity contribution < 1.29 is 19.4 Å². The van der Waals surface area contributed by atoms with Crippen LogP contribution in [0.5, 0.6) is 0 Å². The molecule has 4 N–H and O–H groups in total. The standard InChI is InChI=1S/C23H29ClN4O2/c1-3-18-6-4-5-7-20(18)25-22(29)15-27-10-12-28(13-11-27)16-23(30)26-21-14-19(24)9-8-17(21)2/h4-9,14H,3,10-13,15-16H2,1-2H3,(H,25,29)(H,26,30)/p+2. The smallest absolute Gasteiger partial charge is 0.279 e. The fourth-order valence-corrected chi connectivity index (χ4v) is 4.01. The molecule has 1 aliphatic heterocycles. The van der Waals surface area contributed by atoms with Gasteiger partial charge in [0.25, 0.3) is 11.8 Å². The zero-order chi connectivity index (χ0) is 21.5. The van der Waals surface area contributed by atoms with Crippen LogP contribution in [0.2, 0.25) is 5.02 Å². The van der Waals surface area contributed by atoms with Gasteiger partial charge in [-0.1, -0.05) is 42.8 Å². The van der Waals surface area contributed by atoms with Gasteiger partial charge in [-0.2, -0.15) is 0 Å². The lowest BCUT2D eigenvalue weighted by molar-refractivity contribution is -1.00. The van der Waals surface area contributed by atoms with E-state index in [9.17, 15) is 9.59 Å². The molecule has 2 amide bonds. The minimum atomic E-state index is -0.00673. The molecule has 30 heavy (non-hydrogen) atoms. The SMILES string of the molecule is CCc1ccccc1NC(=O)C[NH+]1CC[NH+](CC(=O)Nc2cc(Cl)ccc2C)CC1. The van der Waals surface area contributed by atoms with E-state index in [1.165, 1.54) is 9.80 Å². The van der Waals surface area contributed by atoms with E-state index in [-0.39, 0.29) is 11.8 Å². The van der Waals surface area contributed by atoms with Gasteiger partial charge in [-0.25, -0.2) is 0 Å². The Balaban J connectivity index is 1.42. The Bertz CT molecular complexity index is 895. The molecule has 1 heterocycles. The van der Waals surface area contributed by atoms with E-state index in [4.69, 9.17) is 11.6 Å². The third kappa shape index (κ3) is 6.29. The maximum atomic E-state index is 12.5. The quantitative estimate of drug-likeness (QED) is 0.519. The van der Waals surface area contributed by atoms with Gasteiger partial charge in [0.1, 0.15) is 26.2 Å². The monoisotopic (exact) mass is 430 g/mol. The molecule has 0 atom stereocenters. The number of rotatable bonds is 7. The van der Waals surface area contributed by atoms with Crippen LogP contribution >= 0.6 is 11.6 Å². The van der Waals surface area contributed by atoms with Crippen molar-refractivity contribution in [3.8, 4) is 0 Å². The average molecular weight is 431 g/mol. The molecule has 0 radical (unpaired) electrons. The van der Waals surface area contributed by atoms with Gasteiger partial charge in [-0.15, -0.1) is 0 Å². The van der Waals surface area contributed by atoms with Crippen molar-refractivity contribution in [2.75, 3.05) is 49.9 Å². The molecule has 1 saturated heterocycles. The third-order valence-corrected chi connectivity index (χ3v) is 5.87. The molecule has 0 spiro atoms. The molecule has 160 valence electrons. The van der Waals surface area contributed by atoms with E-state index < -0.39 is 0 Å². The summed E-state index contributed by atoms with van der Waals surface area (Å²) in [6.07, 6.45) is 0.891. The summed E-state index contributed by atoms with van der Waals surface area (Å²) in [4.78, 5) is 27.4. The van der Waals surface area contributed by atoms with Gasteiger partial charge in [0.2, 0.25) is 0 Å². The number of amides is 2. The summed E-state index contributed by atoms with van der Waals surface area (Å²) in [6.45, 7) is 8.41. The molecule has 6 nitrogen and oxygen atoms in total. The first-order valence-corrected chi connectivity index (χ1v) is 10.9. The predicted octanol–water partition coefficient (Wildman–Crippen LogP) is 0.571. The maximum Gasteiger partial charge on any atom is 0.279 e. The van der Waals surface area contributed by atoms with Gasteiger partial charge < -0.3 is 20.4 Å². The van der Waals surface area contributed by atoms with Crippen molar-refractivity contribution in [1.82, 2.24) is 0 Å². The van der Waals surface area contributed by atoms with Gasteiger partial charge in [0.15, 0.2) is 13.1 Å². The Morgan fingerprint density at radius 2 is 1.47 bits per heavy atom. The molecule has 2 aromatic rings. The number of carbonyl (C=O) groups excluding carboxylic acids is 2. The van der Waals surface area contributed by atoms with Crippen LogP contribution in [0, 0.1) is 6.92 Å². The summed E-state index contributed by atoms with van der Waals surface area (Å²) in [7, 11) is 0. The van der Waals surface area contributed by atoms with Crippen molar-refractivity contribution in [3.63, 3.8) is 0 Å². The number of anilines is 2. The second kappa shape index (κ2) is 10.6. The number of para-hydroxylation sites is 1. The number of hydrogen-bond acceptors (Lipinski definition) is 2. The number of piperazine rings is 1. The number of benzene rings is 2. The minimum Gasteiger partial charge on any atom is -0.321 e. The lowest BCUT2D eigenvalue weighted by Gasteiger charge is -2.29. The van der Waals surface area contributed by atoms with Crippen LogP contribution in [0.25, 0.3) is 0 Å². The van der Waals surface area contributed by atoms with Gasteiger partial charge >= 0.3 is 0 Å². The lowest BCUT2D eigenvalue weighted by atomic mass is 10.1. The van der Waals surface area contributed by atoms with Crippen LogP contribution in [0.15, 0.2) is 42.5 Å². The fourth-order valence-electron chi connectivity index (χ4n) is 3.83. The largest absolute Gasteiger partial charge is 0.321 e. The number of aryl methyl sites for hydroxylation is 2. The first-order chi connectivity index (χ1) is 14.4. The molecule has 1 aliphatic rings. The summed E-state index contributed by atoms with van der Waals surface area (Å²) < 4.78 is 0. The Labute approximate surface area is 183 Å². The lowest BCUT2D eigenvalue weighted by Crippen LogP contribution is -3.28. The Kier molecular flexibility index (Phi) is 7.85. The van der Waals surface area contributed by atoms with E-state index in [0.717, 1.165) is 55.1 Å². The Morgan fingerprint density at radius 1 is 0.900 bits per heavy atom. The molecule has 0 aliphatic carbocycles. The zero-order valence-electron chi connectivity index (χ0n) is 17.7. The summed E-state index contributed by atoms with van der Waals surface area (Å²) in [6, 6.07) is 13.4. The number of quaternary nitrogens is 2. The highest BCUT2D eigenvalue weighted by Gasteiger charge is 2.26. The highest BCUT2D eigenvalue weighted by molar-refractivity contribution is 6.31.